The summed E-state index contributed by atoms with van der Waals surface area (Å²) in [5.74, 6) is 0.753. The van der Waals surface area contributed by atoms with Gasteiger partial charge in [0.2, 0.25) is 0 Å². The second-order valence-corrected chi connectivity index (χ2v) is 5.44. The van der Waals surface area contributed by atoms with Crippen LogP contribution in [-0.4, -0.2) is 9.97 Å². The Labute approximate surface area is 112 Å². The molecular formula is C15H15ClN2. The quantitative estimate of drug-likeness (QED) is 0.729. The molecule has 0 saturated carbocycles. The lowest BCUT2D eigenvalue weighted by atomic mass is 9.80. The maximum atomic E-state index is 6.24. The van der Waals surface area contributed by atoms with E-state index in [4.69, 9.17) is 11.6 Å². The van der Waals surface area contributed by atoms with Gasteiger partial charge in [0.1, 0.15) is 11.0 Å². The van der Waals surface area contributed by atoms with Crippen LogP contribution >= 0.6 is 11.6 Å². The van der Waals surface area contributed by atoms with Gasteiger partial charge >= 0.3 is 0 Å². The first-order chi connectivity index (χ1) is 8.61. The van der Waals surface area contributed by atoms with E-state index in [1.807, 2.05) is 13.0 Å². The number of nitrogens with zero attached hydrogens (tertiary/aromatic N) is 2. The Morgan fingerprint density at radius 3 is 2.61 bits per heavy atom. The molecule has 0 fully saturated rings. The Morgan fingerprint density at radius 1 is 1.17 bits per heavy atom. The van der Waals surface area contributed by atoms with E-state index in [0.29, 0.717) is 5.15 Å². The maximum absolute atomic E-state index is 6.24. The van der Waals surface area contributed by atoms with Gasteiger partial charge in [-0.1, -0.05) is 41.9 Å². The second kappa shape index (κ2) is 4.06. The van der Waals surface area contributed by atoms with Gasteiger partial charge in [-0.3, -0.25) is 0 Å². The Kier molecular flexibility index (Phi) is 2.63. The van der Waals surface area contributed by atoms with Gasteiger partial charge in [0, 0.05) is 11.0 Å². The Morgan fingerprint density at radius 2 is 1.89 bits per heavy atom. The van der Waals surface area contributed by atoms with Crippen LogP contribution in [0.5, 0.6) is 0 Å². The van der Waals surface area contributed by atoms with Crippen molar-refractivity contribution in [3.8, 4) is 0 Å². The van der Waals surface area contributed by atoms with Crippen molar-refractivity contribution in [1.82, 2.24) is 9.97 Å². The molecule has 0 N–H and O–H groups in total. The third-order valence-electron chi connectivity index (χ3n) is 3.88. The van der Waals surface area contributed by atoms with Gasteiger partial charge in [0.15, 0.2) is 0 Å². The molecule has 0 spiro atoms. The molecule has 3 heteroatoms. The fraction of sp³-hybridized carbons (Fsp3) is 0.333. The smallest absolute Gasteiger partial charge is 0.136 e. The van der Waals surface area contributed by atoms with Gasteiger partial charge in [-0.25, -0.2) is 9.97 Å². The van der Waals surface area contributed by atoms with Crippen molar-refractivity contribution in [2.24, 2.45) is 0 Å². The highest BCUT2D eigenvalue weighted by atomic mass is 35.5. The van der Waals surface area contributed by atoms with Crippen molar-refractivity contribution >= 4 is 11.6 Å². The molecule has 1 aromatic heterocycles. The largest absolute Gasteiger partial charge is 0.237 e. The highest BCUT2D eigenvalue weighted by molar-refractivity contribution is 6.30. The molecule has 0 aliphatic heterocycles. The zero-order valence-corrected chi connectivity index (χ0v) is 11.3. The fourth-order valence-corrected chi connectivity index (χ4v) is 3.13. The number of hydrogen-bond donors (Lipinski definition) is 0. The van der Waals surface area contributed by atoms with E-state index in [1.54, 1.807) is 0 Å². The molecule has 0 saturated heterocycles. The Bertz CT molecular complexity index is 595. The summed E-state index contributed by atoms with van der Waals surface area (Å²) in [4.78, 5) is 8.91. The van der Waals surface area contributed by atoms with E-state index in [2.05, 4.69) is 41.2 Å². The van der Waals surface area contributed by atoms with Gasteiger partial charge in [-0.05, 0) is 32.3 Å². The summed E-state index contributed by atoms with van der Waals surface area (Å²) in [5.41, 5.74) is 3.49. The van der Waals surface area contributed by atoms with E-state index in [9.17, 15) is 0 Å². The summed E-state index contributed by atoms with van der Waals surface area (Å²) in [5, 5.41) is 0.622. The van der Waals surface area contributed by atoms with E-state index in [1.165, 1.54) is 5.56 Å². The summed E-state index contributed by atoms with van der Waals surface area (Å²) in [6, 6.07) is 10.5. The minimum absolute atomic E-state index is 0.0338. The topological polar surface area (TPSA) is 25.8 Å². The summed E-state index contributed by atoms with van der Waals surface area (Å²) in [6.07, 6.45) is 2.00. The predicted molar refractivity (Wildman–Crippen MR) is 73.0 cm³/mol. The van der Waals surface area contributed by atoms with Gasteiger partial charge in [-0.2, -0.15) is 0 Å². The number of hydrogen-bond acceptors (Lipinski definition) is 2. The number of halogens is 1. The van der Waals surface area contributed by atoms with Crippen molar-refractivity contribution in [2.45, 2.75) is 32.1 Å². The second-order valence-electron chi connectivity index (χ2n) is 5.09. The zero-order chi connectivity index (χ0) is 12.8. The molecule has 2 aromatic rings. The van der Waals surface area contributed by atoms with Crippen LogP contribution in [0.25, 0.3) is 0 Å². The third kappa shape index (κ3) is 1.64. The normalized spacial score (nSPS) is 21.9. The lowest BCUT2D eigenvalue weighted by Gasteiger charge is -2.25. The standard InChI is InChI=1S/C15H15ClN2/c1-10-17-13-12(14(16)18-10)8-9-15(13,2)11-6-4-3-5-7-11/h3-7H,8-9H2,1-2H3. The Balaban J connectivity index is 2.20. The molecule has 92 valence electrons. The first-order valence-electron chi connectivity index (χ1n) is 6.20. The molecule has 0 amide bonds. The molecule has 0 radical (unpaired) electrons. The van der Waals surface area contributed by atoms with Crippen LogP contribution < -0.4 is 0 Å². The third-order valence-corrected chi connectivity index (χ3v) is 4.19. The lowest BCUT2D eigenvalue weighted by molar-refractivity contribution is 0.550. The van der Waals surface area contributed by atoms with Crippen LogP contribution in [-0.2, 0) is 11.8 Å². The molecule has 1 aromatic carbocycles. The lowest BCUT2D eigenvalue weighted by Crippen LogP contribution is -2.21. The number of fused-ring (bicyclic) bond motifs is 1. The van der Waals surface area contributed by atoms with E-state index in [-0.39, 0.29) is 5.41 Å². The molecule has 3 rings (SSSR count). The highest BCUT2D eigenvalue weighted by Gasteiger charge is 2.39. The zero-order valence-electron chi connectivity index (χ0n) is 10.6. The minimum Gasteiger partial charge on any atom is -0.237 e. The summed E-state index contributed by atoms with van der Waals surface area (Å²) in [7, 11) is 0. The monoisotopic (exact) mass is 258 g/mol. The summed E-state index contributed by atoms with van der Waals surface area (Å²) < 4.78 is 0. The van der Waals surface area contributed by atoms with Crippen LogP contribution in [0, 0.1) is 6.92 Å². The molecular weight excluding hydrogens is 244 g/mol. The van der Waals surface area contributed by atoms with Gasteiger partial charge in [-0.15, -0.1) is 0 Å². The molecule has 1 heterocycles. The first kappa shape index (κ1) is 11.7. The minimum atomic E-state index is -0.0338. The molecule has 1 aliphatic carbocycles. The van der Waals surface area contributed by atoms with Crippen molar-refractivity contribution in [1.29, 1.82) is 0 Å². The number of aromatic nitrogens is 2. The van der Waals surface area contributed by atoms with Crippen LogP contribution in [0.15, 0.2) is 30.3 Å². The van der Waals surface area contributed by atoms with Crippen LogP contribution in [0.2, 0.25) is 5.15 Å². The number of rotatable bonds is 1. The van der Waals surface area contributed by atoms with E-state index < -0.39 is 0 Å². The highest BCUT2D eigenvalue weighted by Crippen LogP contribution is 2.44. The van der Waals surface area contributed by atoms with Crippen LogP contribution in [0.1, 0.15) is 36.0 Å². The molecule has 1 aliphatic rings. The molecule has 18 heavy (non-hydrogen) atoms. The SMILES string of the molecule is Cc1nc(Cl)c2c(n1)C(C)(c1ccccc1)CC2. The van der Waals surface area contributed by atoms with E-state index in [0.717, 1.165) is 29.9 Å². The number of aryl methyl sites for hydroxylation is 1. The van der Waals surface area contributed by atoms with Gasteiger partial charge < -0.3 is 0 Å². The maximum Gasteiger partial charge on any atom is 0.136 e. The van der Waals surface area contributed by atoms with Crippen molar-refractivity contribution in [2.75, 3.05) is 0 Å². The van der Waals surface area contributed by atoms with Crippen molar-refractivity contribution in [3.05, 3.63) is 58.1 Å². The van der Waals surface area contributed by atoms with Crippen LogP contribution in [0.3, 0.4) is 0 Å². The molecule has 2 nitrogen and oxygen atoms in total. The Hall–Kier alpha value is -1.41. The molecule has 1 unspecified atom stereocenters. The van der Waals surface area contributed by atoms with Gasteiger partial charge in [0.05, 0.1) is 5.69 Å². The molecule has 0 bridgehead atoms. The average molecular weight is 259 g/mol. The number of benzene rings is 1. The van der Waals surface area contributed by atoms with Gasteiger partial charge in [0.25, 0.3) is 0 Å². The van der Waals surface area contributed by atoms with Crippen molar-refractivity contribution in [3.63, 3.8) is 0 Å². The summed E-state index contributed by atoms with van der Waals surface area (Å²) in [6.45, 7) is 4.15. The van der Waals surface area contributed by atoms with Crippen molar-refractivity contribution < 1.29 is 0 Å². The predicted octanol–water partition coefficient (Wildman–Crippen LogP) is 3.69. The van der Waals surface area contributed by atoms with Crippen LogP contribution in [0.4, 0.5) is 0 Å². The first-order valence-corrected chi connectivity index (χ1v) is 6.58. The van der Waals surface area contributed by atoms with E-state index >= 15 is 0 Å². The summed E-state index contributed by atoms with van der Waals surface area (Å²) >= 11 is 6.24. The fourth-order valence-electron chi connectivity index (χ4n) is 2.82. The molecule has 1 atom stereocenters. The average Bonchev–Trinajstić information content (AvgIpc) is 2.70.